The molecule has 0 aliphatic heterocycles. The van der Waals surface area contributed by atoms with Crippen LogP contribution in [0.4, 0.5) is 0 Å². The number of nitrogens with one attached hydrogen (secondary N) is 1. The van der Waals surface area contributed by atoms with Gasteiger partial charge in [-0.3, -0.25) is 0 Å². The lowest BCUT2D eigenvalue weighted by atomic mass is 10.3. The highest BCUT2D eigenvalue weighted by molar-refractivity contribution is 7.98. The third kappa shape index (κ3) is 4.56. The van der Waals surface area contributed by atoms with Crippen molar-refractivity contribution in [1.29, 1.82) is 0 Å². The molecule has 104 valence electrons. The maximum absolute atomic E-state index is 12.0. The van der Waals surface area contributed by atoms with Gasteiger partial charge in [-0.15, -0.1) is 11.3 Å². The van der Waals surface area contributed by atoms with Gasteiger partial charge in [-0.1, -0.05) is 23.2 Å². The maximum Gasteiger partial charge on any atom is 0.243 e. The lowest BCUT2D eigenvalue weighted by Gasteiger charge is -2.15. The second-order valence-electron chi connectivity index (χ2n) is 3.47. The fraction of sp³-hybridized carbons (Fsp3) is 0.556. The van der Waals surface area contributed by atoms with Gasteiger partial charge in [0.1, 0.15) is 9.23 Å². The van der Waals surface area contributed by atoms with E-state index in [-0.39, 0.29) is 15.8 Å². The quantitative estimate of drug-likeness (QED) is 0.793. The molecule has 0 amide bonds. The largest absolute Gasteiger partial charge is 0.395 e. The van der Waals surface area contributed by atoms with Crippen molar-refractivity contribution in [2.45, 2.75) is 17.4 Å². The van der Waals surface area contributed by atoms with Crippen molar-refractivity contribution in [2.75, 3.05) is 18.6 Å². The topological polar surface area (TPSA) is 66.4 Å². The summed E-state index contributed by atoms with van der Waals surface area (Å²) < 4.78 is 26.9. The van der Waals surface area contributed by atoms with Crippen LogP contribution in [0.3, 0.4) is 0 Å². The molecule has 0 spiro atoms. The van der Waals surface area contributed by atoms with E-state index >= 15 is 0 Å². The lowest BCUT2D eigenvalue weighted by Crippen LogP contribution is -2.37. The number of hydrogen-bond donors (Lipinski definition) is 2. The number of halogens is 2. The second kappa shape index (κ2) is 7.33. The minimum atomic E-state index is -3.74. The monoisotopic (exact) mass is 349 g/mol. The summed E-state index contributed by atoms with van der Waals surface area (Å²) in [7, 11) is -3.74. The van der Waals surface area contributed by atoms with Crippen LogP contribution < -0.4 is 4.72 Å². The van der Waals surface area contributed by atoms with Gasteiger partial charge in [0.2, 0.25) is 10.0 Å². The fourth-order valence-electron chi connectivity index (χ4n) is 1.24. The Labute approximate surface area is 125 Å². The van der Waals surface area contributed by atoms with Gasteiger partial charge in [0.05, 0.1) is 10.9 Å². The Balaban J connectivity index is 2.83. The molecule has 4 nitrogen and oxygen atoms in total. The zero-order valence-electron chi connectivity index (χ0n) is 9.52. The number of hydrogen-bond acceptors (Lipinski definition) is 5. The first kappa shape index (κ1) is 16.6. The van der Waals surface area contributed by atoms with Gasteiger partial charge >= 0.3 is 0 Å². The van der Waals surface area contributed by atoms with Crippen LogP contribution in [0.2, 0.25) is 8.67 Å². The summed E-state index contributed by atoms with van der Waals surface area (Å²) in [6.45, 7) is -0.255. The highest BCUT2D eigenvalue weighted by atomic mass is 35.5. The first-order valence-corrected chi connectivity index (χ1v) is 9.42. The SMILES string of the molecule is CSCCC(CO)NS(=O)(=O)c1cc(Cl)sc1Cl. The molecule has 18 heavy (non-hydrogen) atoms. The van der Waals surface area contributed by atoms with E-state index in [0.29, 0.717) is 10.8 Å². The molecule has 9 heteroatoms. The molecule has 1 heterocycles. The molecular weight excluding hydrogens is 337 g/mol. The summed E-state index contributed by atoms with van der Waals surface area (Å²) >= 11 is 14.1. The van der Waals surface area contributed by atoms with E-state index in [0.717, 1.165) is 17.1 Å². The molecule has 0 saturated carbocycles. The third-order valence-electron chi connectivity index (χ3n) is 2.13. The molecule has 2 N–H and O–H groups in total. The molecule has 0 bridgehead atoms. The van der Waals surface area contributed by atoms with Gasteiger partial charge < -0.3 is 5.11 Å². The van der Waals surface area contributed by atoms with E-state index in [2.05, 4.69) is 4.72 Å². The maximum atomic E-state index is 12.0. The van der Waals surface area contributed by atoms with Crippen LogP contribution in [-0.4, -0.2) is 38.2 Å². The van der Waals surface area contributed by atoms with Crippen molar-refractivity contribution >= 4 is 56.3 Å². The Morgan fingerprint density at radius 3 is 2.67 bits per heavy atom. The van der Waals surface area contributed by atoms with E-state index in [1.165, 1.54) is 6.07 Å². The predicted molar refractivity (Wildman–Crippen MR) is 78.5 cm³/mol. The standard InChI is InChI=1S/C9H13Cl2NO3S3/c1-16-3-2-6(5-13)12-18(14,15)7-4-8(10)17-9(7)11/h4,6,12-13H,2-3,5H2,1H3. The van der Waals surface area contributed by atoms with E-state index in [9.17, 15) is 8.42 Å². The van der Waals surface area contributed by atoms with Crippen molar-refractivity contribution in [3.8, 4) is 0 Å². The Kier molecular flexibility index (Phi) is 6.74. The fourth-order valence-corrected chi connectivity index (χ4v) is 5.17. The molecule has 1 aromatic rings. The van der Waals surface area contributed by atoms with Crippen LogP contribution in [0.25, 0.3) is 0 Å². The highest BCUT2D eigenvalue weighted by Crippen LogP contribution is 2.34. The molecule has 0 radical (unpaired) electrons. The number of sulfonamides is 1. The number of thiophene rings is 1. The smallest absolute Gasteiger partial charge is 0.243 e. The minimum Gasteiger partial charge on any atom is -0.395 e. The Morgan fingerprint density at radius 1 is 1.56 bits per heavy atom. The molecule has 0 aromatic carbocycles. The van der Waals surface area contributed by atoms with Crippen LogP contribution in [0, 0.1) is 0 Å². The summed E-state index contributed by atoms with van der Waals surface area (Å²) in [5.74, 6) is 0.756. The average molecular weight is 350 g/mol. The predicted octanol–water partition coefficient (Wildman–Crippen LogP) is 2.45. The number of rotatable bonds is 7. The molecule has 0 aliphatic rings. The molecule has 0 saturated heterocycles. The zero-order valence-corrected chi connectivity index (χ0v) is 13.5. The third-order valence-corrected chi connectivity index (χ3v) is 6.05. The normalized spacial score (nSPS) is 13.8. The summed E-state index contributed by atoms with van der Waals surface area (Å²) in [6.07, 6.45) is 2.46. The molecular formula is C9H13Cl2NO3S3. The molecule has 1 atom stereocenters. The molecule has 0 aliphatic carbocycles. The Hall–Kier alpha value is 0.500. The summed E-state index contributed by atoms with van der Waals surface area (Å²) in [5.41, 5.74) is 0. The minimum absolute atomic E-state index is 0.0400. The van der Waals surface area contributed by atoms with E-state index < -0.39 is 16.1 Å². The lowest BCUT2D eigenvalue weighted by molar-refractivity contribution is 0.254. The van der Waals surface area contributed by atoms with E-state index in [1.807, 2.05) is 6.26 Å². The first-order chi connectivity index (χ1) is 8.40. The van der Waals surface area contributed by atoms with Crippen LogP contribution >= 0.6 is 46.3 Å². The van der Waals surface area contributed by atoms with Gasteiger partial charge in [0, 0.05) is 6.04 Å². The average Bonchev–Trinajstić information content (AvgIpc) is 2.64. The van der Waals surface area contributed by atoms with Crippen molar-refractivity contribution in [2.24, 2.45) is 0 Å². The van der Waals surface area contributed by atoms with E-state index in [4.69, 9.17) is 28.3 Å². The van der Waals surface area contributed by atoms with Gasteiger partial charge in [-0.2, -0.15) is 11.8 Å². The summed E-state index contributed by atoms with van der Waals surface area (Å²) in [4.78, 5) is -0.0400. The van der Waals surface area contributed by atoms with Crippen molar-refractivity contribution in [1.82, 2.24) is 4.72 Å². The molecule has 1 rings (SSSR count). The van der Waals surface area contributed by atoms with Crippen LogP contribution in [0.15, 0.2) is 11.0 Å². The Bertz CT molecular complexity index is 489. The second-order valence-corrected chi connectivity index (χ2v) is 8.42. The van der Waals surface area contributed by atoms with Crippen molar-refractivity contribution < 1.29 is 13.5 Å². The van der Waals surface area contributed by atoms with Gasteiger partial charge in [-0.05, 0) is 24.5 Å². The highest BCUT2D eigenvalue weighted by Gasteiger charge is 2.24. The zero-order chi connectivity index (χ0) is 13.8. The number of thioether (sulfide) groups is 1. The van der Waals surface area contributed by atoms with Gasteiger partial charge in [0.25, 0.3) is 0 Å². The van der Waals surface area contributed by atoms with Gasteiger partial charge in [-0.25, -0.2) is 13.1 Å². The summed E-state index contributed by atoms with van der Waals surface area (Å²) in [6, 6.07) is 0.789. The number of aliphatic hydroxyl groups is 1. The molecule has 1 aromatic heterocycles. The molecule has 1 unspecified atom stereocenters. The molecule has 0 fully saturated rings. The van der Waals surface area contributed by atoms with Crippen molar-refractivity contribution in [3.63, 3.8) is 0 Å². The van der Waals surface area contributed by atoms with Crippen LogP contribution in [0.1, 0.15) is 6.42 Å². The first-order valence-electron chi connectivity index (χ1n) is 4.97. The Morgan fingerprint density at radius 2 is 2.22 bits per heavy atom. The van der Waals surface area contributed by atoms with Gasteiger partial charge in [0.15, 0.2) is 0 Å². The summed E-state index contributed by atoms with van der Waals surface area (Å²) in [5, 5.41) is 9.14. The van der Waals surface area contributed by atoms with Crippen LogP contribution in [-0.2, 0) is 10.0 Å². The van der Waals surface area contributed by atoms with Crippen LogP contribution in [0.5, 0.6) is 0 Å². The van der Waals surface area contributed by atoms with E-state index in [1.54, 1.807) is 11.8 Å². The van der Waals surface area contributed by atoms with Crippen molar-refractivity contribution in [3.05, 3.63) is 14.7 Å². The number of aliphatic hydroxyl groups excluding tert-OH is 1.